The Kier molecular flexibility index (Phi) is 3.51. The van der Waals surface area contributed by atoms with E-state index in [0.717, 1.165) is 16.7 Å². The molecule has 0 aliphatic carbocycles. The maximum absolute atomic E-state index is 7.53. The monoisotopic (exact) mass is 277 g/mol. The van der Waals surface area contributed by atoms with Gasteiger partial charge in [-0.15, -0.1) is 0 Å². The molecule has 3 aromatic rings. The van der Waals surface area contributed by atoms with Crippen LogP contribution in [0.1, 0.15) is 11.3 Å². The van der Waals surface area contributed by atoms with E-state index in [-0.39, 0.29) is 5.84 Å². The molecule has 0 atom stereocenters. The summed E-state index contributed by atoms with van der Waals surface area (Å²) in [6.07, 6.45) is 1.62. The Morgan fingerprint density at radius 3 is 2.67 bits per heavy atom. The Bertz CT molecular complexity index is 799. The number of rotatable bonds is 4. The van der Waals surface area contributed by atoms with E-state index in [4.69, 9.17) is 15.9 Å². The van der Waals surface area contributed by atoms with E-state index in [1.54, 1.807) is 6.20 Å². The topological polar surface area (TPSA) is 72.0 Å². The molecule has 1 heterocycles. The van der Waals surface area contributed by atoms with Gasteiger partial charge < -0.3 is 10.5 Å². The summed E-state index contributed by atoms with van der Waals surface area (Å²) >= 11 is 0. The summed E-state index contributed by atoms with van der Waals surface area (Å²) in [6, 6.07) is 17.8. The van der Waals surface area contributed by atoms with Crippen LogP contribution in [0.3, 0.4) is 0 Å². The lowest BCUT2D eigenvalue weighted by molar-refractivity contribution is 0.306. The highest BCUT2D eigenvalue weighted by atomic mass is 16.5. The highest BCUT2D eigenvalue weighted by molar-refractivity contribution is 5.94. The second kappa shape index (κ2) is 5.63. The predicted molar refractivity (Wildman–Crippen MR) is 83.5 cm³/mol. The molecule has 0 fully saturated rings. The lowest BCUT2D eigenvalue weighted by Gasteiger charge is -2.10. The summed E-state index contributed by atoms with van der Waals surface area (Å²) in [6.45, 7) is 0.334. The molecule has 3 rings (SSSR count). The molecule has 4 heteroatoms. The Morgan fingerprint density at radius 1 is 1.05 bits per heavy atom. The smallest absolute Gasteiger partial charge is 0.142 e. The van der Waals surface area contributed by atoms with Crippen LogP contribution in [0.25, 0.3) is 10.8 Å². The zero-order valence-corrected chi connectivity index (χ0v) is 11.4. The highest BCUT2D eigenvalue weighted by Gasteiger charge is 2.07. The Hall–Kier alpha value is -2.88. The maximum atomic E-state index is 7.53. The van der Waals surface area contributed by atoms with Crippen molar-refractivity contribution in [3.63, 3.8) is 0 Å². The van der Waals surface area contributed by atoms with Crippen molar-refractivity contribution in [1.82, 2.24) is 4.98 Å². The van der Waals surface area contributed by atoms with Gasteiger partial charge in [-0.3, -0.25) is 10.4 Å². The zero-order valence-electron chi connectivity index (χ0n) is 11.4. The van der Waals surface area contributed by atoms with Gasteiger partial charge in [0.2, 0.25) is 0 Å². The third kappa shape index (κ3) is 2.84. The number of pyridine rings is 1. The molecule has 3 N–H and O–H groups in total. The molecular formula is C17H15N3O. The number of benzene rings is 2. The molecule has 1 aromatic heterocycles. The third-order valence-electron chi connectivity index (χ3n) is 3.26. The fourth-order valence-corrected chi connectivity index (χ4v) is 2.22. The Morgan fingerprint density at radius 2 is 1.86 bits per heavy atom. The second-order valence-electron chi connectivity index (χ2n) is 4.72. The van der Waals surface area contributed by atoms with Crippen LogP contribution in [0.2, 0.25) is 0 Å². The fourth-order valence-electron chi connectivity index (χ4n) is 2.22. The largest absolute Gasteiger partial charge is 0.489 e. The van der Waals surface area contributed by atoms with E-state index in [2.05, 4.69) is 11.1 Å². The van der Waals surface area contributed by atoms with Crippen LogP contribution in [-0.4, -0.2) is 10.8 Å². The molecule has 0 radical (unpaired) electrons. The van der Waals surface area contributed by atoms with Gasteiger partial charge in [-0.2, -0.15) is 0 Å². The summed E-state index contributed by atoms with van der Waals surface area (Å²) in [5.74, 6) is 0.736. The second-order valence-corrected chi connectivity index (χ2v) is 4.72. The first-order valence-corrected chi connectivity index (χ1v) is 6.64. The molecular weight excluding hydrogens is 262 g/mol. The molecule has 4 nitrogen and oxygen atoms in total. The molecule has 0 saturated carbocycles. The summed E-state index contributed by atoms with van der Waals surface area (Å²) in [5, 5.41) is 9.84. The Labute approximate surface area is 122 Å². The summed E-state index contributed by atoms with van der Waals surface area (Å²) in [7, 11) is 0. The van der Waals surface area contributed by atoms with Crippen LogP contribution in [0.15, 0.2) is 60.8 Å². The fraction of sp³-hybridized carbons (Fsp3) is 0.0588. The van der Waals surface area contributed by atoms with Crippen LogP contribution in [0.4, 0.5) is 0 Å². The number of hydrogen-bond donors (Lipinski definition) is 2. The van der Waals surface area contributed by atoms with Crippen LogP contribution in [-0.2, 0) is 6.61 Å². The molecule has 0 amide bonds. The van der Waals surface area contributed by atoms with Gasteiger partial charge in [-0.05, 0) is 29.0 Å². The van der Waals surface area contributed by atoms with Crippen molar-refractivity contribution in [1.29, 1.82) is 5.41 Å². The number of ether oxygens (including phenoxy) is 1. The normalized spacial score (nSPS) is 10.5. The molecule has 0 aliphatic rings. The van der Waals surface area contributed by atoms with Crippen LogP contribution < -0.4 is 10.5 Å². The molecule has 2 aromatic carbocycles. The number of nitrogen functional groups attached to an aromatic ring is 1. The molecule has 104 valence electrons. The van der Waals surface area contributed by atoms with Crippen molar-refractivity contribution >= 4 is 16.6 Å². The molecule has 0 unspecified atom stereocenters. The van der Waals surface area contributed by atoms with E-state index in [1.807, 2.05) is 48.5 Å². The van der Waals surface area contributed by atoms with Gasteiger partial charge in [0.05, 0.1) is 0 Å². The number of amidine groups is 1. The lowest BCUT2D eigenvalue weighted by Crippen LogP contribution is -2.16. The minimum Gasteiger partial charge on any atom is -0.489 e. The average molecular weight is 277 g/mol. The number of nitrogens with two attached hydrogens (primary N) is 1. The van der Waals surface area contributed by atoms with Gasteiger partial charge in [0.15, 0.2) is 0 Å². The first-order valence-electron chi connectivity index (χ1n) is 6.64. The van der Waals surface area contributed by atoms with Crippen molar-refractivity contribution in [2.24, 2.45) is 5.73 Å². The van der Waals surface area contributed by atoms with Crippen molar-refractivity contribution < 1.29 is 4.74 Å². The van der Waals surface area contributed by atoms with Crippen LogP contribution >= 0.6 is 0 Å². The van der Waals surface area contributed by atoms with Crippen molar-refractivity contribution in [2.45, 2.75) is 6.61 Å². The first kappa shape index (κ1) is 13.1. The van der Waals surface area contributed by atoms with Gasteiger partial charge in [-0.1, -0.05) is 36.4 Å². The minimum atomic E-state index is -0.0484. The van der Waals surface area contributed by atoms with Crippen molar-refractivity contribution in [3.8, 4) is 5.75 Å². The van der Waals surface area contributed by atoms with E-state index < -0.39 is 0 Å². The van der Waals surface area contributed by atoms with Gasteiger partial charge in [0.25, 0.3) is 0 Å². The van der Waals surface area contributed by atoms with Crippen molar-refractivity contribution in [2.75, 3.05) is 0 Å². The molecule has 21 heavy (non-hydrogen) atoms. The van der Waals surface area contributed by atoms with Crippen LogP contribution in [0.5, 0.6) is 5.75 Å². The Balaban J connectivity index is 1.82. The van der Waals surface area contributed by atoms with Gasteiger partial charge in [0.1, 0.15) is 23.9 Å². The number of fused-ring (bicyclic) bond motifs is 1. The van der Waals surface area contributed by atoms with Gasteiger partial charge in [0, 0.05) is 11.8 Å². The van der Waals surface area contributed by atoms with E-state index in [9.17, 15) is 0 Å². The number of hydrogen-bond acceptors (Lipinski definition) is 3. The third-order valence-corrected chi connectivity index (χ3v) is 3.26. The van der Waals surface area contributed by atoms with Gasteiger partial charge in [-0.25, -0.2) is 0 Å². The van der Waals surface area contributed by atoms with E-state index in [1.165, 1.54) is 5.39 Å². The lowest BCUT2D eigenvalue weighted by atomic mass is 10.1. The maximum Gasteiger partial charge on any atom is 0.142 e. The van der Waals surface area contributed by atoms with Crippen LogP contribution in [0, 0.1) is 5.41 Å². The number of nitrogens with zero attached hydrogens (tertiary/aromatic N) is 1. The minimum absolute atomic E-state index is 0.0484. The molecule has 0 spiro atoms. The van der Waals surface area contributed by atoms with E-state index in [0.29, 0.717) is 12.3 Å². The summed E-state index contributed by atoms with van der Waals surface area (Å²) < 4.78 is 5.80. The quantitative estimate of drug-likeness (QED) is 0.568. The first-order chi connectivity index (χ1) is 10.2. The molecule has 0 saturated heterocycles. The van der Waals surface area contributed by atoms with Gasteiger partial charge >= 0.3 is 0 Å². The van der Waals surface area contributed by atoms with E-state index >= 15 is 0 Å². The number of nitrogens with one attached hydrogen (secondary N) is 1. The standard InChI is InChI=1S/C17H15N3O/c18-17(19)16-14(6-3-9-20-16)11-21-15-8-7-12-4-1-2-5-13(12)10-15/h1-10H,11H2,(H3,18,19). The molecule has 0 bridgehead atoms. The summed E-state index contributed by atoms with van der Waals surface area (Å²) in [5.41, 5.74) is 6.80. The number of aromatic nitrogens is 1. The average Bonchev–Trinajstić information content (AvgIpc) is 2.53. The zero-order chi connectivity index (χ0) is 14.7. The molecule has 0 aliphatic heterocycles. The van der Waals surface area contributed by atoms with Crippen molar-refractivity contribution in [3.05, 3.63) is 72.1 Å². The summed E-state index contributed by atoms with van der Waals surface area (Å²) in [4.78, 5) is 4.11. The highest BCUT2D eigenvalue weighted by Crippen LogP contribution is 2.21. The SMILES string of the molecule is N=C(N)c1ncccc1COc1ccc2ccccc2c1. The predicted octanol–water partition coefficient (Wildman–Crippen LogP) is 3.10.